The van der Waals surface area contributed by atoms with Crippen LogP contribution >= 0.6 is 0 Å². The minimum atomic E-state index is -2.52. The Morgan fingerprint density at radius 1 is 1.27 bits per heavy atom. The van der Waals surface area contributed by atoms with E-state index in [0.29, 0.717) is 13.0 Å². The molecule has 1 unspecified atom stereocenters. The predicted molar refractivity (Wildman–Crippen MR) is 51.5 cm³/mol. The van der Waals surface area contributed by atoms with E-state index in [1.807, 2.05) is 0 Å². The van der Waals surface area contributed by atoms with Crippen molar-refractivity contribution in [3.8, 4) is 0 Å². The van der Waals surface area contributed by atoms with Gasteiger partial charge in [-0.25, -0.2) is 4.21 Å². The lowest BCUT2D eigenvalue weighted by Gasteiger charge is -2.28. The molecule has 0 amide bonds. The Kier molecular flexibility index (Phi) is 8.06. The van der Waals surface area contributed by atoms with E-state index in [-0.39, 0.29) is 6.61 Å². The van der Waals surface area contributed by atoms with E-state index in [0.717, 1.165) is 0 Å². The first-order chi connectivity index (χ1) is 7.10. The molecule has 0 aliphatic carbocycles. The molecule has 0 bridgehead atoms. The average Bonchev–Trinajstić information content (AvgIpc) is 2.24. The number of aliphatic hydroxyl groups is 3. The van der Waals surface area contributed by atoms with Gasteiger partial charge < -0.3 is 29.4 Å². The van der Waals surface area contributed by atoms with E-state index in [4.69, 9.17) is 15.3 Å². The third kappa shape index (κ3) is 6.15. The Bertz CT molecular complexity index is 178. The second kappa shape index (κ2) is 8.11. The first kappa shape index (κ1) is 14.9. The Labute approximate surface area is 90.6 Å². The molecule has 0 heterocycles. The summed E-state index contributed by atoms with van der Waals surface area (Å²) in [5.41, 5.74) is -1.13. The first-order valence-electron chi connectivity index (χ1n) is 4.40. The van der Waals surface area contributed by atoms with Crippen molar-refractivity contribution in [1.29, 1.82) is 0 Å². The van der Waals surface area contributed by atoms with E-state index in [9.17, 15) is 8.76 Å². The molecule has 0 saturated heterocycles. The Morgan fingerprint density at radius 3 is 2.20 bits per heavy atom. The lowest BCUT2D eigenvalue weighted by molar-refractivity contribution is 0.0419. The maximum Gasteiger partial charge on any atom is 0.0881 e. The van der Waals surface area contributed by atoms with Crippen molar-refractivity contribution in [2.45, 2.75) is 12.0 Å². The van der Waals surface area contributed by atoms with Crippen LogP contribution < -0.4 is 5.32 Å². The fourth-order valence-electron chi connectivity index (χ4n) is 0.870. The molecular weight excluding hydrogens is 226 g/mol. The molecule has 0 aromatic carbocycles. The quantitative estimate of drug-likeness (QED) is 0.260. The number of rotatable bonds is 9. The molecule has 0 spiro atoms. The van der Waals surface area contributed by atoms with Crippen LogP contribution in [0.4, 0.5) is 0 Å². The molecule has 0 rings (SSSR count). The van der Waals surface area contributed by atoms with Gasteiger partial charge in [0.1, 0.15) is 0 Å². The minimum absolute atomic E-state index is 0.0154. The van der Waals surface area contributed by atoms with Crippen molar-refractivity contribution in [3.63, 3.8) is 0 Å². The Balaban J connectivity index is 3.67. The molecule has 0 aromatic heterocycles. The highest BCUT2D eigenvalue weighted by Gasteiger charge is 2.26. The van der Waals surface area contributed by atoms with E-state index < -0.39 is 36.7 Å². The zero-order chi connectivity index (χ0) is 11.7. The summed E-state index contributed by atoms with van der Waals surface area (Å²) in [4.78, 5) is 0. The van der Waals surface area contributed by atoms with Crippen molar-refractivity contribution in [3.05, 3.63) is 0 Å². The molecule has 0 aliphatic heterocycles. The van der Waals surface area contributed by atoms with Crippen LogP contribution in [-0.4, -0.2) is 62.6 Å². The summed E-state index contributed by atoms with van der Waals surface area (Å²) in [6.07, 6.45) is 0.385. The number of hydrogen-bond donors (Lipinski definition) is 4. The van der Waals surface area contributed by atoms with Crippen LogP contribution in [-0.2, 0) is 15.5 Å². The fourth-order valence-corrected chi connectivity index (χ4v) is 1.12. The predicted octanol–water partition coefficient (Wildman–Crippen LogP) is -2.51. The van der Waals surface area contributed by atoms with Gasteiger partial charge in [0.15, 0.2) is 0 Å². The molecule has 15 heavy (non-hydrogen) atoms. The van der Waals surface area contributed by atoms with Crippen molar-refractivity contribution in [1.82, 2.24) is 5.32 Å². The van der Waals surface area contributed by atoms with E-state index in [1.54, 1.807) is 0 Å². The van der Waals surface area contributed by atoms with Gasteiger partial charge in [0, 0.05) is 0 Å². The Morgan fingerprint density at radius 2 is 1.80 bits per heavy atom. The molecule has 0 radical (unpaired) electrons. The van der Waals surface area contributed by atoms with Crippen LogP contribution in [0.25, 0.3) is 0 Å². The van der Waals surface area contributed by atoms with Gasteiger partial charge in [-0.05, 0) is 13.0 Å². The first-order valence-corrected chi connectivity index (χ1v) is 5.40. The van der Waals surface area contributed by atoms with Gasteiger partial charge in [-0.3, -0.25) is 0 Å². The molecular formula is C7H16NO6S-. The molecule has 0 fully saturated rings. The molecule has 1 atom stereocenters. The third-order valence-corrected chi connectivity index (χ3v) is 2.27. The largest absolute Gasteiger partial charge is 0.750 e. The highest BCUT2D eigenvalue weighted by Crippen LogP contribution is 2.01. The molecule has 7 nitrogen and oxygen atoms in total. The van der Waals surface area contributed by atoms with Gasteiger partial charge in [-0.15, -0.1) is 0 Å². The molecule has 0 saturated carbocycles. The maximum atomic E-state index is 9.97. The van der Waals surface area contributed by atoms with Gasteiger partial charge in [-0.2, -0.15) is 0 Å². The summed E-state index contributed by atoms with van der Waals surface area (Å²) in [7, 11) is 0. The van der Waals surface area contributed by atoms with E-state index >= 15 is 0 Å². The van der Waals surface area contributed by atoms with Crippen LogP contribution in [0, 0.1) is 0 Å². The smallest absolute Gasteiger partial charge is 0.0881 e. The zero-order valence-corrected chi connectivity index (χ0v) is 9.03. The van der Waals surface area contributed by atoms with Crippen LogP contribution in [0.3, 0.4) is 0 Å². The number of hydrogen-bond acceptors (Lipinski definition) is 7. The molecule has 8 heteroatoms. The van der Waals surface area contributed by atoms with Crippen molar-refractivity contribution >= 4 is 11.4 Å². The normalized spacial score (nSPS) is 14.1. The third-order valence-electron chi connectivity index (χ3n) is 1.91. The standard InChI is InChI=1S/C7H17NO6S/c9-4-7(5-10,6-11)8-2-1-3-14-15(12)13/h8-11H,1-6H2,(H,12,13)/p-1. The summed E-state index contributed by atoms with van der Waals surface area (Å²) < 4.78 is 24.2. The second-order valence-corrected chi connectivity index (χ2v) is 3.71. The van der Waals surface area contributed by atoms with E-state index in [1.165, 1.54) is 0 Å². The summed E-state index contributed by atoms with van der Waals surface area (Å²) in [6.45, 7) is -0.891. The highest BCUT2D eigenvalue weighted by molar-refractivity contribution is 7.74. The van der Waals surface area contributed by atoms with Gasteiger partial charge >= 0.3 is 0 Å². The molecule has 4 N–H and O–H groups in total. The highest BCUT2D eigenvalue weighted by atomic mass is 32.2. The van der Waals surface area contributed by atoms with Crippen molar-refractivity contribution in [2.75, 3.05) is 33.0 Å². The maximum absolute atomic E-state index is 9.97. The van der Waals surface area contributed by atoms with Crippen molar-refractivity contribution < 1.29 is 28.3 Å². The van der Waals surface area contributed by atoms with Crippen LogP contribution in [0.5, 0.6) is 0 Å². The molecule has 92 valence electrons. The van der Waals surface area contributed by atoms with E-state index in [2.05, 4.69) is 9.50 Å². The number of aliphatic hydroxyl groups excluding tert-OH is 3. The van der Waals surface area contributed by atoms with Gasteiger partial charge in [0.2, 0.25) is 0 Å². The summed E-state index contributed by atoms with van der Waals surface area (Å²) >= 11 is -2.52. The monoisotopic (exact) mass is 242 g/mol. The van der Waals surface area contributed by atoms with Crippen LogP contribution in [0.1, 0.15) is 6.42 Å². The minimum Gasteiger partial charge on any atom is -0.750 e. The fraction of sp³-hybridized carbons (Fsp3) is 1.00. The van der Waals surface area contributed by atoms with Crippen molar-refractivity contribution in [2.24, 2.45) is 0 Å². The lowest BCUT2D eigenvalue weighted by Crippen LogP contribution is -2.55. The zero-order valence-electron chi connectivity index (χ0n) is 8.22. The second-order valence-electron chi connectivity index (χ2n) is 3.06. The van der Waals surface area contributed by atoms with Gasteiger partial charge in [0.05, 0.1) is 43.3 Å². The Hall–Kier alpha value is -0.0900. The summed E-state index contributed by atoms with van der Waals surface area (Å²) in [6, 6.07) is 0. The number of nitrogens with one attached hydrogen (secondary N) is 1. The molecule has 0 aromatic rings. The summed E-state index contributed by atoms with van der Waals surface area (Å²) in [5, 5.41) is 29.5. The SMILES string of the molecule is O=S([O-])OCCCNC(CO)(CO)CO. The van der Waals surface area contributed by atoms with Gasteiger partial charge in [0.25, 0.3) is 0 Å². The average molecular weight is 242 g/mol. The van der Waals surface area contributed by atoms with Gasteiger partial charge in [-0.1, -0.05) is 0 Å². The van der Waals surface area contributed by atoms with Crippen LogP contribution in [0.15, 0.2) is 0 Å². The topological polar surface area (TPSA) is 122 Å². The van der Waals surface area contributed by atoms with Crippen LogP contribution in [0.2, 0.25) is 0 Å². The lowest BCUT2D eigenvalue weighted by atomic mass is 10.0. The molecule has 0 aliphatic rings. The summed E-state index contributed by atoms with van der Waals surface area (Å²) in [5.74, 6) is 0.